The van der Waals surface area contributed by atoms with E-state index in [2.05, 4.69) is 0 Å². The van der Waals surface area contributed by atoms with E-state index in [1.54, 1.807) is 30.3 Å². The zero-order chi connectivity index (χ0) is 15.4. The fraction of sp³-hybridized carbons (Fsp3) is 0.250. The van der Waals surface area contributed by atoms with Crippen LogP contribution in [0.1, 0.15) is 17.2 Å². The number of ether oxygens (including phenoxy) is 2. The smallest absolute Gasteiger partial charge is 0.145 e. The summed E-state index contributed by atoms with van der Waals surface area (Å²) in [5.41, 5.74) is 0.824. The number of hydrogen-bond donors (Lipinski definition) is 1. The third kappa shape index (κ3) is 3.28. The number of methoxy groups -OCH3 is 2. The van der Waals surface area contributed by atoms with E-state index in [0.29, 0.717) is 22.6 Å². The number of aliphatic hydroxyl groups excluding tert-OH is 1. The Labute approximate surface area is 127 Å². The maximum Gasteiger partial charge on any atom is 0.145 e. The first-order valence-corrected chi connectivity index (χ1v) is 6.78. The number of benzene rings is 2. The predicted molar refractivity (Wildman–Crippen MR) is 79.6 cm³/mol. The third-order valence-corrected chi connectivity index (χ3v) is 3.54. The van der Waals surface area contributed by atoms with Crippen LogP contribution in [0, 0.1) is 5.82 Å². The quantitative estimate of drug-likeness (QED) is 0.913. The average Bonchev–Trinajstić information content (AvgIpc) is 2.50. The van der Waals surface area contributed by atoms with E-state index in [0.717, 1.165) is 0 Å². The largest absolute Gasteiger partial charge is 0.496 e. The van der Waals surface area contributed by atoms with Crippen molar-refractivity contribution in [3.05, 3.63) is 58.4 Å². The second-order valence-corrected chi connectivity index (χ2v) is 4.92. The molecular formula is C16H16ClFO3. The molecule has 112 valence electrons. The molecule has 0 aliphatic heterocycles. The van der Waals surface area contributed by atoms with E-state index in [9.17, 15) is 9.50 Å². The van der Waals surface area contributed by atoms with Gasteiger partial charge in [0.05, 0.1) is 30.9 Å². The van der Waals surface area contributed by atoms with Gasteiger partial charge in [-0.15, -0.1) is 0 Å². The molecule has 0 heterocycles. The highest BCUT2D eigenvalue weighted by molar-refractivity contribution is 6.30. The highest BCUT2D eigenvalue weighted by atomic mass is 35.5. The summed E-state index contributed by atoms with van der Waals surface area (Å²) in [4.78, 5) is 0. The van der Waals surface area contributed by atoms with E-state index in [1.807, 2.05) is 0 Å². The van der Waals surface area contributed by atoms with Gasteiger partial charge in [-0.25, -0.2) is 4.39 Å². The van der Waals surface area contributed by atoms with Crippen molar-refractivity contribution in [3.63, 3.8) is 0 Å². The van der Waals surface area contributed by atoms with Crippen LogP contribution in [-0.4, -0.2) is 19.3 Å². The molecular weight excluding hydrogens is 295 g/mol. The highest BCUT2D eigenvalue weighted by Gasteiger charge is 2.20. The molecule has 0 fully saturated rings. The topological polar surface area (TPSA) is 38.7 Å². The predicted octanol–water partition coefficient (Wildman–Crippen LogP) is 3.77. The van der Waals surface area contributed by atoms with Gasteiger partial charge < -0.3 is 14.6 Å². The Morgan fingerprint density at radius 2 is 1.67 bits per heavy atom. The van der Waals surface area contributed by atoms with Gasteiger partial charge in [0.15, 0.2) is 0 Å². The van der Waals surface area contributed by atoms with Crippen molar-refractivity contribution in [2.75, 3.05) is 14.2 Å². The lowest BCUT2D eigenvalue weighted by Gasteiger charge is -2.18. The SMILES string of the molecule is COc1cccc(OC)c1C(O)Cc1cccc(Cl)c1F. The summed E-state index contributed by atoms with van der Waals surface area (Å²) >= 11 is 5.75. The Hall–Kier alpha value is -1.78. The van der Waals surface area contributed by atoms with E-state index < -0.39 is 11.9 Å². The van der Waals surface area contributed by atoms with Gasteiger partial charge in [0, 0.05) is 6.42 Å². The first-order chi connectivity index (χ1) is 10.1. The molecule has 1 atom stereocenters. The molecule has 0 aliphatic carbocycles. The molecule has 2 aromatic rings. The van der Waals surface area contributed by atoms with Crippen LogP contribution in [-0.2, 0) is 6.42 Å². The van der Waals surface area contributed by atoms with Crippen molar-refractivity contribution in [2.24, 2.45) is 0 Å². The number of aliphatic hydroxyl groups is 1. The van der Waals surface area contributed by atoms with Crippen molar-refractivity contribution < 1.29 is 19.0 Å². The summed E-state index contributed by atoms with van der Waals surface area (Å²) in [6.07, 6.45) is -0.896. The molecule has 0 aromatic heterocycles. The van der Waals surface area contributed by atoms with E-state index >= 15 is 0 Å². The van der Waals surface area contributed by atoms with Crippen molar-refractivity contribution in [1.29, 1.82) is 0 Å². The Morgan fingerprint density at radius 1 is 1.10 bits per heavy atom. The molecule has 0 bridgehead atoms. The minimum absolute atomic E-state index is 0.0340. The number of halogens is 2. The Balaban J connectivity index is 2.36. The summed E-state index contributed by atoms with van der Waals surface area (Å²) in [6, 6.07) is 9.90. The van der Waals surface area contributed by atoms with E-state index in [1.165, 1.54) is 20.3 Å². The fourth-order valence-electron chi connectivity index (χ4n) is 2.22. The lowest BCUT2D eigenvalue weighted by molar-refractivity contribution is 0.168. The van der Waals surface area contributed by atoms with Gasteiger partial charge in [-0.3, -0.25) is 0 Å². The van der Waals surface area contributed by atoms with Gasteiger partial charge in [0.2, 0.25) is 0 Å². The zero-order valence-corrected chi connectivity index (χ0v) is 12.5. The van der Waals surface area contributed by atoms with Crippen LogP contribution in [0.5, 0.6) is 11.5 Å². The van der Waals surface area contributed by atoms with Gasteiger partial charge in [0.25, 0.3) is 0 Å². The number of rotatable bonds is 5. The van der Waals surface area contributed by atoms with Gasteiger partial charge in [-0.2, -0.15) is 0 Å². The molecule has 0 radical (unpaired) electrons. The Bertz CT molecular complexity index is 609. The maximum absolute atomic E-state index is 13.9. The van der Waals surface area contributed by atoms with Crippen LogP contribution in [0.2, 0.25) is 5.02 Å². The third-order valence-electron chi connectivity index (χ3n) is 3.24. The summed E-state index contributed by atoms with van der Waals surface area (Å²) in [5, 5.41) is 10.5. The molecule has 0 spiro atoms. The Kier molecular flexibility index (Phi) is 5.04. The van der Waals surface area contributed by atoms with Crippen molar-refractivity contribution in [2.45, 2.75) is 12.5 Å². The van der Waals surface area contributed by atoms with Crippen LogP contribution >= 0.6 is 11.6 Å². The van der Waals surface area contributed by atoms with Crippen molar-refractivity contribution in [1.82, 2.24) is 0 Å². The molecule has 21 heavy (non-hydrogen) atoms. The molecule has 0 saturated carbocycles. The van der Waals surface area contributed by atoms with Gasteiger partial charge in [-0.1, -0.05) is 29.8 Å². The van der Waals surface area contributed by atoms with Crippen molar-refractivity contribution >= 4 is 11.6 Å². The first-order valence-electron chi connectivity index (χ1n) is 6.40. The first kappa shape index (κ1) is 15.6. The number of hydrogen-bond acceptors (Lipinski definition) is 3. The monoisotopic (exact) mass is 310 g/mol. The van der Waals surface area contributed by atoms with Gasteiger partial charge in [-0.05, 0) is 23.8 Å². The van der Waals surface area contributed by atoms with Crippen LogP contribution < -0.4 is 9.47 Å². The summed E-state index contributed by atoms with van der Waals surface area (Å²) in [6.45, 7) is 0. The summed E-state index contributed by atoms with van der Waals surface area (Å²) in [5.74, 6) is 0.459. The van der Waals surface area contributed by atoms with Crippen LogP contribution in [0.3, 0.4) is 0 Å². The molecule has 1 N–H and O–H groups in total. The van der Waals surface area contributed by atoms with Crippen LogP contribution in [0.25, 0.3) is 0 Å². The molecule has 2 aromatic carbocycles. The molecule has 3 nitrogen and oxygen atoms in total. The molecule has 2 rings (SSSR count). The molecule has 5 heteroatoms. The normalized spacial score (nSPS) is 12.0. The van der Waals surface area contributed by atoms with Gasteiger partial charge in [0.1, 0.15) is 17.3 Å². The lowest BCUT2D eigenvalue weighted by Crippen LogP contribution is -2.07. The summed E-state index contributed by atoms with van der Waals surface area (Å²) in [7, 11) is 3.01. The zero-order valence-electron chi connectivity index (χ0n) is 11.8. The average molecular weight is 311 g/mol. The molecule has 0 amide bonds. The highest BCUT2D eigenvalue weighted by Crippen LogP contribution is 2.36. The molecule has 0 aliphatic rings. The van der Waals surface area contributed by atoms with E-state index in [-0.39, 0.29) is 11.4 Å². The van der Waals surface area contributed by atoms with E-state index in [4.69, 9.17) is 21.1 Å². The van der Waals surface area contributed by atoms with Crippen molar-refractivity contribution in [3.8, 4) is 11.5 Å². The fourth-order valence-corrected chi connectivity index (χ4v) is 2.42. The van der Waals surface area contributed by atoms with Crippen LogP contribution in [0.4, 0.5) is 4.39 Å². The minimum Gasteiger partial charge on any atom is -0.496 e. The van der Waals surface area contributed by atoms with Gasteiger partial charge >= 0.3 is 0 Å². The maximum atomic E-state index is 13.9. The molecule has 1 unspecified atom stereocenters. The molecule has 0 saturated heterocycles. The second kappa shape index (κ2) is 6.78. The summed E-state index contributed by atoms with van der Waals surface area (Å²) < 4.78 is 24.4. The standard InChI is InChI=1S/C16H16ClFO3/c1-20-13-7-4-8-14(21-2)15(13)12(19)9-10-5-3-6-11(17)16(10)18/h3-8,12,19H,9H2,1-2H3. The lowest BCUT2D eigenvalue weighted by atomic mass is 9.99. The second-order valence-electron chi connectivity index (χ2n) is 4.51. The van der Waals surface area contributed by atoms with Crippen LogP contribution in [0.15, 0.2) is 36.4 Å². The Morgan fingerprint density at radius 3 is 2.24 bits per heavy atom. The minimum atomic E-state index is -0.968.